The van der Waals surface area contributed by atoms with Crippen LogP contribution >= 0.6 is 0 Å². The molecule has 8 nitrogen and oxygen atoms in total. The van der Waals surface area contributed by atoms with Gasteiger partial charge in [-0.2, -0.15) is 0 Å². The van der Waals surface area contributed by atoms with Crippen LogP contribution < -0.4 is 15.8 Å². The van der Waals surface area contributed by atoms with Crippen LogP contribution in [0, 0.1) is 6.92 Å². The Bertz CT molecular complexity index is 953. The van der Waals surface area contributed by atoms with Crippen molar-refractivity contribution < 1.29 is 8.42 Å². The van der Waals surface area contributed by atoms with Crippen LogP contribution in [-0.4, -0.2) is 44.0 Å². The molecule has 0 radical (unpaired) electrons. The lowest BCUT2D eigenvalue weighted by atomic mass is 10.2. The number of hydrogen-bond donors (Lipinski definition) is 3. The minimum Gasteiger partial charge on any atom is -0.354 e. The van der Waals surface area contributed by atoms with Crippen LogP contribution in [0.5, 0.6) is 0 Å². The molecule has 2 heterocycles. The molecule has 156 valence electrons. The summed E-state index contributed by atoms with van der Waals surface area (Å²) in [6, 6.07) is 9.37. The molecule has 9 heteroatoms. The van der Waals surface area contributed by atoms with Crippen LogP contribution in [-0.2, 0) is 10.0 Å². The lowest BCUT2D eigenvalue weighted by Crippen LogP contribution is -2.45. The van der Waals surface area contributed by atoms with E-state index in [-0.39, 0.29) is 11.6 Å². The van der Waals surface area contributed by atoms with E-state index in [4.69, 9.17) is 5.73 Å². The Labute approximate surface area is 172 Å². The molecule has 0 atom stereocenters. The van der Waals surface area contributed by atoms with E-state index in [9.17, 15) is 8.42 Å². The minimum atomic E-state index is -3.91. The molecule has 1 saturated heterocycles. The van der Waals surface area contributed by atoms with Gasteiger partial charge in [-0.05, 0) is 43.5 Å². The Morgan fingerprint density at radius 2 is 1.97 bits per heavy atom. The van der Waals surface area contributed by atoms with E-state index in [1.54, 1.807) is 12.3 Å². The second-order valence-corrected chi connectivity index (χ2v) is 8.69. The van der Waals surface area contributed by atoms with E-state index in [1.165, 1.54) is 6.20 Å². The first-order valence-electron chi connectivity index (χ1n) is 9.79. The van der Waals surface area contributed by atoms with Gasteiger partial charge in [0.05, 0.1) is 12.4 Å². The molecule has 3 rings (SSSR count). The minimum absolute atomic E-state index is 0.00971. The van der Waals surface area contributed by atoms with Crippen molar-refractivity contribution in [3.05, 3.63) is 48.3 Å². The second kappa shape index (κ2) is 9.71. The predicted molar refractivity (Wildman–Crippen MR) is 116 cm³/mol. The highest BCUT2D eigenvalue weighted by atomic mass is 32.2. The maximum absolute atomic E-state index is 13.2. The monoisotopic (exact) mass is 416 g/mol. The lowest BCUT2D eigenvalue weighted by Gasteiger charge is -2.25. The number of anilines is 2. The molecular formula is C20H28N6O2S. The van der Waals surface area contributed by atoms with Crippen molar-refractivity contribution in [3.63, 3.8) is 0 Å². The number of aliphatic imine (C=N–C) groups is 1. The average molecular weight is 417 g/mol. The quantitative estimate of drug-likeness (QED) is 0.510. The molecule has 4 N–H and O–H groups in total. The normalized spacial score (nSPS) is 15.7. The van der Waals surface area contributed by atoms with Crippen molar-refractivity contribution in [1.29, 1.82) is 0 Å². The lowest BCUT2D eigenvalue weighted by molar-refractivity contribution is 0.423. The van der Waals surface area contributed by atoms with Gasteiger partial charge in [-0.15, -0.1) is 0 Å². The van der Waals surface area contributed by atoms with Gasteiger partial charge in [0.25, 0.3) is 10.0 Å². The van der Waals surface area contributed by atoms with Crippen LogP contribution in [0.15, 0.2) is 52.6 Å². The van der Waals surface area contributed by atoms with Crippen molar-refractivity contribution in [1.82, 2.24) is 14.6 Å². The van der Waals surface area contributed by atoms with E-state index < -0.39 is 10.0 Å². The van der Waals surface area contributed by atoms with E-state index in [1.807, 2.05) is 36.1 Å². The number of aromatic nitrogens is 1. The predicted octanol–water partition coefficient (Wildman–Crippen LogP) is 2.56. The highest BCUT2D eigenvalue weighted by Crippen LogP contribution is 2.24. The van der Waals surface area contributed by atoms with Crippen molar-refractivity contribution in [2.45, 2.75) is 37.5 Å². The Balaban J connectivity index is 1.87. The van der Waals surface area contributed by atoms with Crippen molar-refractivity contribution in [2.24, 2.45) is 10.7 Å². The molecule has 0 bridgehead atoms. The fourth-order valence-corrected chi connectivity index (χ4v) is 4.47. The summed E-state index contributed by atoms with van der Waals surface area (Å²) < 4.78 is 29.0. The highest BCUT2D eigenvalue weighted by molar-refractivity contribution is 7.90. The van der Waals surface area contributed by atoms with E-state index >= 15 is 0 Å². The van der Waals surface area contributed by atoms with Gasteiger partial charge in [0, 0.05) is 31.2 Å². The SMILES string of the molecule is Cc1cccc(Nc2ccncc2S(=O)(=O)N/C(=N/CN)N2CCCCCC2)c1. The van der Waals surface area contributed by atoms with Crippen molar-refractivity contribution in [2.75, 3.05) is 25.1 Å². The molecule has 29 heavy (non-hydrogen) atoms. The van der Waals surface area contributed by atoms with Gasteiger partial charge in [-0.25, -0.2) is 18.1 Å². The van der Waals surface area contributed by atoms with Gasteiger partial charge in [0.15, 0.2) is 0 Å². The number of guanidine groups is 1. The fourth-order valence-electron chi connectivity index (χ4n) is 3.32. The van der Waals surface area contributed by atoms with Crippen LogP contribution in [0.2, 0.25) is 0 Å². The Hall–Kier alpha value is -2.65. The van der Waals surface area contributed by atoms with E-state index in [2.05, 4.69) is 20.0 Å². The molecule has 0 spiro atoms. The summed E-state index contributed by atoms with van der Waals surface area (Å²) in [5, 5.41) is 3.18. The van der Waals surface area contributed by atoms with Gasteiger partial charge in [0.2, 0.25) is 5.96 Å². The maximum atomic E-state index is 13.2. The molecule has 0 unspecified atom stereocenters. The summed E-state index contributed by atoms with van der Waals surface area (Å²) in [6.07, 6.45) is 7.15. The summed E-state index contributed by atoms with van der Waals surface area (Å²) in [5.41, 5.74) is 7.93. The standard InChI is InChI=1S/C20H28N6O2S/c1-16-7-6-8-17(13-16)24-18-9-10-22-14-19(18)29(27,28)25-20(23-15-21)26-11-4-2-3-5-12-26/h6-10,13-14H,2-5,11-12,15,21H2,1H3,(H,22,24)(H,23,25). The molecular weight excluding hydrogens is 388 g/mol. The zero-order valence-corrected chi connectivity index (χ0v) is 17.5. The van der Waals surface area contributed by atoms with Crippen LogP contribution in [0.1, 0.15) is 31.2 Å². The molecule has 0 saturated carbocycles. The molecule has 0 aliphatic carbocycles. The molecule has 1 aliphatic heterocycles. The summed E-state index contributed by atoms with van der Waals surface area (Å²) in [6.45, 7) is 3.50. The van der Waals surface area contributed by atoms with Gasteiger partial charge in [0.1, 0.15) is 4.90 Å². The summed E-state index contributed by atoms with van der Waals surface area (Å²) >= 11 is 0. The first kappa shape index (κ1) is 21.1. The maximum Gasteiger partial charge on any atom is 0.267 e. The van der Waals surface area contributed by atoms with E-state index in [0.717, 1.165) is 50.0 Å². The third-order valence-electron chi connectivity index (χ3n) is 4.74. The molecule has 1 fully saturated rings. The molecule has 1 aliphatic rings. The van der Waals surface area contributed by atoms with Crippen molar-refractivity contribution in [3.8, 4) is 0 Å². The van der Waals surface area contributed by atoms with Crippen LogP contribution in [0.3, 0.4) is 0 Å². The zero-order valence-electron chi connectivity index (χ0n) is 16.6. The van der Waals surface area contributed by atoms with Crippen LogP contribution in [0.4, 0.5) is 11.4 Å². The largest absolute Gasteiger partial charge is 0.354 e. The van der Waals surface area contributed by atoms with Gasteiger partial charge in [-0.1, -0.05) is 25.0 Å². The fraction of sp³-hybridized carbons (Fsp3) is 0.400. The number of pyridine rings is 1. The summed E-state index contributed by atoms with van der Waals surface area (Å²) in [7, 11) is -3.91. The number of sulfonamides is 1. The zero-order chi connectivity index (χ0) is 20.7. The first-order chi connectivity index (χ1) is 14.0. The van der Waals surface area contributed by atoms with Gasteiger partial charge >= 0.3 is 0 Å². The average Bonchev–Trinajstić information content (AvgIpc) is 2.97. The molecule has 2 aromatic rings. The molecule has 0 amide bonds. The van der Waals surface area contributed by atoms with E-state index in [0.29, 0.717) is 11.6 Å². The van der Waals surface area contributed by atoms with Crippen molar-refractivity contribution >= 4 is 27.4 Å². The topological polar surface area (TPSA) is 113 Å². The second-order valence-electron chi connectivity index (χ2n) is 7.04. The number of nitrogens with zero attached hydrogens (tertiary/aromatic N) is 3. The van der Waals surface area contributed by atoms with Crippen LogP contribution in [0.25, 0.3) is 0 Å². The summed E-state index contributed by atoms with van der Waals surface area (Å²) in [5.74, 6) is 0.291. The van der Waals surface area contributed by atoms with Gasteiger partial charge in [-0.3, -0.25) is 4.98 Å². The highest BCUT2D eigenvalue weighted by Gasteiger charge is 2.24. The number of likely N-dealkylation sites (tertiary alicyclic amines) is 1. The smallest absolute Gasteiger partial charge is 0.267 e. The molecule has 1 aromatic heterocycles. The third-order valence-corrected chi connectivity index (χ3v) is 6.10. The third kappa shape index (κ3) is 5.68. The number of aryl methyl sites for hydroxylation is 1. The first-order valence-corrected chi connectivity index (χ1v) is 11.3. The number of rotatable bonds is 5. The Morgan fingerprint density at radius 1 is 1.21 bits per heavy atom. The number of benzene rings is 1. The number of hydrogen-bond acceptors (Lipinski definition) is 6. The Kier molecular flexibility index (Phi) is 7.05. The van der Waals surface area contributed by atoms with Gasteiger partial charge < -0.3 is 16.0 Å². The number of nitrogens with two attached hydrogens (primary N) is 1. The Morgan fingerprint density at radius 3 is 2.66 bits per heavy atom. The number of nitrogens with one attached hydrogen (secondary N) is 2. The summed E-state index contributed by atoms with van der Waals surface area (Å²) in [4.78, 5) is 10.2. The molecule has 1 aromatic carbocycles.